The number of likely N-dealkylation sites (N-methyl/N-ethyl adjacent to an activating group) is 1. The number of thioether (sulfide) groups is 2. The first-order valence-corrected chi connectivity index (χ1v) is 34.5. The van der Waals surface area contributed by atoms with Crippen LogP contribution in [0.4, 0.5) is 0 Å². The van der Waals surface area contributed by atoms with E-state index in [9.17, 15) is 126 Å². The van der Waals surface area contributed by atoms with Crippen molar-refractivity contribution in [3.05, 3.63) is 0 Å². The van der Waals surface area contributed by atoms with E-state index >= 15 is 0 Å². The number of carboxylic acids is 2. The van der Waals surface area contributed by atoms with Gasteiger partial charge in [-0.2, -0.15) is 23.5 Å². The minimum absolute atomic E-state index is 0.0588. The summed E-state index contributed by atoms with van der Waals surface area (Å²) in [5.41, 5.74) is 0. The fourth-order valence-corrected chi connectivity index (χ4v) is 14.7. The Morgan fingerprint density at radius 2 is 0.604 bits per heavy atom. The van der Waals surface area contributed by atoms with Gasteiger partial charge < -0.3 is 188 Å². The van der Waals surface area contributed by atoms with Gasteiger partial charge in [-0.05, 0) is 14.0 Å². The van der Waals surface area contributed by atoms with Crippen LogP contribution in [0.25, 0.3) is 0 Å². The average molecular weight is 1510 g/mol. The van der Waals surface area contributed by atoms with Crippen LogP contribution in [0.1, 0.15) is 13.3 Å². The molecule has 14 bridgehead atoms. The van der Waals surface area contributed by atoms with E-state index in [1.54, 1.807) is 0 Å². The Balaban J connectivity index is 1.09. The minimum Gasteiger partial charge on any atom is -0.481 e. The number of hydrogen-bond donors (Lipinski definition) is 22. The first kappa shape index (κ1) is 84.2. The van der Waals surface area contributed by atoms with E-state index in [0.717, 1.165) is 23.5 Å². The predicted molar refractivity (Wildman–Crippen MR) is 322 cm³/mol. The highest BCUT2D eigenvalue weighted by molar-refractivity contribution is 7.99. The molecule has 21 saturated heterocycles. The summed E-state index contributed by atoms with van der Waals surface area (Å²) in [5, 5.41) is 239. The smallest absolute Gasteiger partial charge is 0.321 e. The largest absolute Gasteiger partial charge is 0.481 e. The second-order valence-electron chi connectivity index (χ2n) is 25.1. The van der Waals surface area contributed by atoms with Crippen LogP contribution in [0, 0.1) is 5.92 Å². The Labute approximate surface area is 582 Å². The molecular formula is C57H93NO41S2. The third kappa shape index (κ3) is 20.1. The number of nitrogens with one attached hydrogen (secondary N) is 1. The average Bonchev–Trinajstić information content (AvgIpc) is 0.787. The molecule has 584 valence electrons. The molecule has 0 aromatic carbocycles. The van der Waals surface area contributed by atoms with Gasteiger partial charge in [-0.3, -0.25) is 19.2 Å². The van der Waals surface area contributed by atoms with Gasteiger partial charge in [0.1, 0.15) is 178 Å². The summed E-state index contributed by atoms with van der Waals surface area (Å²) in [6.45, 7) is -5.20. The van der Waals surface area contributed by atoms with Crippen LogP contribution in [0.15, 0.2) is 0 Å². The van der Waals surface area contributed by atoms with Gasteiger partial charge in [0.15, 0.2) is 55.6 Å². The molecule has 21 heterocycles. The number of aliphatic hydroxyl groups is 19. The number of aliphatic carboxylic acids is 2. The van der Waals surface area contributed by atoms with Crippen LogP contribution < -0.4 is 5.32 Å². The molecule has 0 aromatic rings. The fourth-order valence-electron chi connectivity index (χ4n) is 12.4. The molecule has 0 spiro atoms. The number of aliphatic hydroxyl groups excluding tert-OH is 19. The Morgan fingerprint density at radius 1 is 0.356 bits per heavy atom. The molecule has 22 N–H and O–H groups in total. The van der Waals surface area contributed by atoms with Gasteiger partial charge in [-0.15, -0.1) is 0 Å². The number of rotatable bonds is 25. The number of Topliss-reactive ketones (excluding diaryl/α,β-unsaturated/α-hetero) is 2. The highest BCUT2D eigenvalue weighted by atomic mass is 32.2. The predicted octanol–water partition coefficient (Wildman–Crippen LogP) is -13.8. The van der Waals surface area contributed by atoms with E-state index in [1.165, 1.54) is 14.0 Å². The molecule has 21 aliphatic rings. The lowest BCUT2D eigenvalue weighted by Crippen LogP contribution is -2.68. The van der Waals surface area contributed by atoms with Gasteiger partial charge in [0, 0.05) is 29.4 Å². The van der Waals surface area contributed by atoms with Crippen LogP contribution in [-0.2, 0) is 95.0 Å². The van der Waals surface area contributed by atoms with Crippen molar-refractivity contribution >= 4 is 47.0 Å². The summed E-state index contributed by atoms with van der Waals surface area (Å²) in [6.07, 6.45) is -73.3. The maximum Gasteiger partial charge on any atom is 0.321 e. The van der Waals surface area contributed by atoms with Crippen molar-refractivity contribution in [3.8, 4) is 0 Å². The van der Waals surface area contributed by atoms with Gasteiger partial charge >= 0.3 is 11.9 Å². The van der Waals surface area contributed by atoms with Crippen molar-refractivity contribution in [3.63, 3.8) is 0 Å². The van der Waals surface area contributed by atoms with Crippen molar-refractivity contribution in [2.24, 2.45) is 5.92 Å². The monoisotopic (exact) mass is 1510 g/mol. The molecule has 21 aliphatic heterocycles. The number of carboxylic acid groups (broad SMARTS) is 2. The highest BCUT2D eigenvalue weighted by Crippen LogP contribution is 2.40. The SMILES string of the molecule is CN[C@H](CSCC1O[C@H]2O[C@@H]3C(CO)O[C@H](O[C@@H]4C(CO)O[C@H](O[C@@H]5C(CO)O[C@H](O[C@@H]6C(CSC[C@@H](CC(=O)COCCOCC(C)=O)C(=O)O)O[C@H](O[C@@H]7C(CO)O[C@@H](O[C@@H]8C(CO)O[C@@H](O[C@H]1[C@H](O)C2O)C(O)[C@H]8O)C(O)[C@H]7O)C(O)[C@H]6O)C(O)[C@H]5O)C(O)[C@H]4O)C(O)[C@H]3O)C(=O)O. The van der Waals surface area contributed by atoms with Gasteiger partial charge in [0.25, 0.3) is 0 Å². The van der Waals surface area contributed by atoms with Crippen molar-refractivity contribution in [2.75, 3.05) is 89.5 Å². The van der Waals surface area contributed by atoms with E-state index < -0.39 is 302 Å². The summed E-state index contributed by atoms with van der Waals surface area (Å²) < 4.78 is 92.8. The van der Waals surface area contributed by atoms with E-state index in [2.05, 4.69) is 5.32 Å². The van der Waals surface area contributed by atoms with Crippen LogP contribution in [0.3, 0.4) is 0 Å². The van der Waals surface area contributed by atoms with Crippen LogP contribution in [0.5, 0.6) is 0 Å². The molecule has 0 amide bonds. The molecule has 21 fully saturated rings. The molecule has 21 rings (SSSR count). The van der Waals surface area contributed by atoms with Gasteiger partial charge in [-0.1, -0.05) is 0 Å². The zero-order valence-electron chi connectivity index (χ0n) is 54.1. The molecule has 14 unspecified atom stereocenters. The lowest BCUT2D eigenvalue weighted by Gasteiger charge is -2.50. The van der Waals surface area contributed by atoms with Crippen molar-refractivity contribution in [1.82, 2.24) is 5.32 Å². The molecule has 0 saturated carbocycles. The Kier molecular flexibility index (Phi) is 32.1. The summed E-state index contributed by atoms with van der Waals surface area (Å²) in [7, 11) is 1.35. The molecular weight excluding hydrogens is 1420 g/mol. The van der Waals surface area contributed by atoms with Crippen molar-refractivity contribution < 1.29 is 202 Å². The third-order valence-electron chi connectivity index (χ3n) is 18.0. The lowest BCUT2D eigenvalue weighted by molar-refractivity contribution is -0.395. The molecule has 44 heteroatoms. The minimum atomic E-state index is -2.32. The molecule has 0 aromatic heterocycles. The van der Waals surface area contributed by atoms with Crippen LogP contribution >= 0.6 is 23.5 Å². The summed E-state index contributed by atoms with van der Waals surface area (Å²) >= 11 is 1.63. The lowest BCUT2D eigenvalue weighted by atomic mass is 9.95. The number of carbonyl (C=O) groups excluding carboxylic acids is 2. The van der Waals surface area contributed by atoms with Gasteiger partial charge in [-0.25, -0.2) is 0 Å². The van der Waals surface area contributed by atoms with Crippen LogP contribution in [0.2, 0.25) is 0 Å². The molecule has 101 heavy (non-hydrogen) atoms. The topological polar surface area (TPSA) is 653 Å². The number of carbonyl (C=O) groups is 4. The Morgan fingerprint density at radius 3 is 0.842 bits per heavy atom. The maximum absolute atomic E-state index is 12.9. The highest BCUT2D eigenvalue weighted by Gasteiger charge is 2.60. The number of ketones is 2. The first-order valence-electron chi connectivity index (χ1n) is 32.2. The normalized spacial score (nSPS) is 45.5. The molecule has 0 radical (unpaired) electrons. The summed E-state index contributed by atoms with van der Waals surface area (Å²) in [4.78, 5) is 48.5. The second kappa shape index (κ2) is 38.6. The number of hydrogen-bond acceptors (Lipinski definition) is 42. The zero-order chi connectivity index (χ0) is 74.0. The van der Waals surface area contributed by atoms with E-state index in [-0.39, 0.29) is 37.1 Å². The van der Waals surface area contributed by atoms with Crippen LogP contribution in [-0.4, -0.2) is 441 Å². The van der Waals surface area contributed by atoms with Crippen molar-refractivity contribution in [1.29, 1.82) is 0 Å². The molecule has 0 aliphatic carbocycles. The second-order valence-corrected chi connectivity index (χ2v) is 27.3. The maximum atomic E-state index is 12.9. The van der Waals surface area contributed by atoms with Crippen molar-refractivity contribution in [2.45, 2.75) is 234 Å². The third-order valence-corrected chi connectivity index (χ3v) is 20.3. The van der Waals surface area contributed by atoms with Gasteiger partial charge in [0.2, 0.25) is 0 Å². The van der Waals surface area contributed by atoms with Gasteiger partial charge in [0.05, 0.1) is 64.4 Å². The zero-order valence-corrected chi connectivity index (χ0v) is 55.8. The molecule has 42 nitrogen and oxygen atoms in total. The fraction of sp³-hybridized carbons (Fsp3) is 0.930. The Hall–Kier alpha value is -2.46. The summed E-state index contributed by atoms with van der Waals surface area (Å²) in [5.74, 6) is -6.54. The van der Waals surface area contributed by atoms with E-state index in [4.69, 9.17) is 75.8 Å². The quantitative estimate of drug-likeness (QED) is 0.0377. The summed E-state index contributed by atoms with van der Waals surface area (Å²) in [6, 6.07) is -1.18. The standard InChI is InChI=1S/C57H93NO41S2/c1-17(64)11-84-3-4-85-12-19(65)5-18(49(80)81)13-100-15-26-47-33(71)40(78)56(91-26)96-45-24(9-62)87-53(36(74)29(45)67)95-44-23(8-61)90-55(39(77)32(44)70)99-48-27(16-101-14-20(58-2)50(82)83)92-57(41(79)34(48)72)97-46-25(10-63)88-52(37(75)30(46)68)93-42-21(6-59)86-51(35(73)28(42)66)94-43-22(7-60)89-54(98-47)38(76)31(43)69/h18,20-48,51-63,66-79H,3-16H2,1-2H3,(H,80,81)(H,82,83)/t18-,20-,21?,22?,23?,24?,25?,26?,27?,28-,29-,30-,31-,32-,33-,34-,35?,36?,37?,38?,39?,40?,41?,42-,43-,44-,45-,46-,47-,48-,51-,52-,53+,54-,55+,56-,57+/m1/s1. The van der Waals surface area contributed by atoms with E-state index in [1.807, 2.05) is 0 Å². The molecule has 37 atom stereocenters. The first-order chi connectivity index (χ1) is 48.0. The van der Waals surface area contributed by atoms with E-state index in [0.29, 0.717) is 0 Å². The number of ether oxygens (including phenoxy) is 16. The Bertz CT molecular complexity index is 2580.